The van der Waals surface area contributed by atoms with Crippen LogP contribution >= 0.6 is 0 Å². The average Bonchev–Trinajstić information content (AvgIpc) is 2.97. The van der Waals surface area contributed by atoms with Crippen LogP contribution in [-0.2, 0) is 6.54 Å². The van der Waals surface area contributed by atoms with Crippen LogP contribution in [0, 0.1) is 19.3 Å². The highest BCUT2D eigenvalue weighted by Gasteiger charge is 2.19. The number of hydrogen-bond donors (Lipinski definition) is 4. The SMILES string of the molecule is CNC.Cc1ccccc1-n1c(CNc2ncnc(N)c2C(=N)c2cccc(C=O)c2)cc2cccc(C)c2c1=O. The Morgan fingerprint density at radius 3 is 2.41 bits per heavy atom. The maximum Gasteiger partial charge on any atom is 0.263 e. The van der Waals surface area contributed by atoms with E-state index in [9.17, 15) is 9.59 Å². The molecule has 0 saturated heterocycles. The third-order valence-corrected chi connectivity index (χ3v) is 6.56. The predicted octanol–water partition coefficient (Wildman–Crippen LogP) is 4.66. The van der Waals surface area contributed by atoms with E-state index >= 15 is 0 Å². The molecule has 0 fully saturated rings. The molecule has 0 aliphatic carbocycles. The van der Waals surface area contributed by atoms with Crippen LogP contribution in [0.3, 0.4) is 0 Å². The number of nitrogens with one attached hydrogen (secondary N) is 3. The Morgan fingerprint density at radius 1 is 0.976 bits per heavy atom. The Kier molecular flexibility index (Phi) is 9.01. The molecule has 5 N–H and O–H groups in total. The molecule has 208 valence electrons. The minimum Gasteiger partial charge on any atom is -0.383 e. The Balaban J connectivity index is 0.00000124. The Hall–Kier alpha value is -5.15. The molecule has 0 bridgehead atoms. The van der Waals surface area contributed by atoms with Gasteiger partial charge >= 0.3 is 0 Å². The van der Waals surface area contributed by atoms with Crippen molar-refractivity contribution in [3.63, 3.8) is 0 Å². The fourth-order valence-electron chi connectivity index (χ4n) is 4.66. The number of carbonyl (C=O) groups excluding carboxylic acids is 1. The van der Waals surface area contributed by atoms with Gasteiger partial charge in [-0.25, -0.2) is 9.97 Å². The summed E-state index contributed by atoms with van der Waals surface area (Å²) < 4.78 is 1.72. The summed E-state index contributed by atoms with van der Waals surface area (Å²) in [7, 11) is 3.75. The van der Waals surface area contributed by atoms with Crippen molar-refractivity contribution in [2.24, 2.45) is 0 Å². The zero-order chi connectivity index (χ0) is 29.5. The maximum absolute atomic E-state index is 13.8. The smallest absolute Gasteiger partial charge is 0.263 e. The number of fused-ring (bicyclic) bond motifs is 1. The Morgan fingerprint density at radius 2 is 1.68 bits per heavy atom. The van der Waals surface area contributed by atoms with Gasteiger partial charge in [-0.2, -0.15) is 0 Å². The minimum atomic E-state index is -0.104. The topological polar surface area (TPSA) is 139 Å². The second-order valence-corrected chi connectivity index (χ2v) is 9.56. The average molecular weight is 548 g/mol. The molecule has 0 radical (unpaired) electrons. The number of para-hydroxylation sites is 1. The summed E-state index contributed by atoms with van der Waals surface area (Å²) in [5, 5.41) is 16.4. The van der Waals surface area contributed by atoms with Crippen molar-refractivity contribution in [1.29, 1.82) is 5.41 Å². The molecule has 0 aliphatic heterocycles. The quantitative estimate of drug-likeness (QED) is 0.172. The molecule has 9 nitrogen and oxygen atoms in total. The largest absolute Gasteiger partial charge is 0.383 e. The predicted molar refractivity (Wildman–Crippen MR) is 166 cm³/mol. The van der Waals surface area contributed by atoms with E-state index in [0.717, 1.165) is 34.2 Å². The van der Waals surface area contributed by atoms with Gasteiger partial charge < -0.3 is 16.4 Å². The van der Waals surface area contributed by atoms with Gasteiger partial charge in [-0.1, -0.05) is 54.6 Å². The van der Waals surface area contributed by atoms with Crippen molar-refractivity contribution in [3.8, 4) is 5.69 Å². The van der Waals surface area contributed by atoms with Crippen LogP contribution in [0.2, 0.25) is 0 Å². The van der Waals surface area contributed by atoms with Gasteiger partial charge in [0.2, 0.25) is 0 Å². The summed E-state index contributed by atoms with van der Waals surface area (Å²) in [6.07, 6.45) is 2.06. The number of benzene rings is 3. The minimum absolute atomic E-state index is 0.0831. The summed E-state index contributed by atoms with van der Waals surface area (Å²) >= 11 is 0. The molecule has 2 aromatic heterocycles. The molecule has 0 spiro atoms. The number of rotatable bonds is 7. The van der Waals surface area contributed by atoms with E-state index in [1.54, 1.807) is 28.8 Å². The normalized spacial score (nSPS) is 10.5. The monoisotopic (exact) mass is 547 g/mol. The zero-order valence-corrected chi connectivity index (χ0v) is 23.5. The van der Waals surface area contributed by atoms with Gasteiger partial charge in [0.1, 0.15) is 24.2 Å². The van der Waals surface area contributed by atoms with Crippen LogP contribution in [0.4, 0.5) is 11.6 Å². The second kappa shape index (κ2) is 12.8. The molecular formula is C32H33N7O2. The van der Waals surface area contributed by atoms with Gasteiger partial charge in [-0.05, 0) is 62.7 Å². The van der Waals surface area contributed by atoms with E-state index in [0.29, 0.717) is 27.9 Å². The van der Waals surface area contributed by atoms with Gasteiger partial charge in [0.05, 0.1) is 28.9 Å². The lowest BCUT2D eigenvalue weighted by Crippen LogP contribution is -2.25. The molecule has 0 saturated carbocycles. The molecule has 2 heterocycles. The van der Waals surface area contributed by atoms with E-state index < -0.39 is 0 Å². The molecule has 0 unspecified atom stereocenters. The standard InChI is InChI=1S/C30H26N6O2.C2H7N/c1-18-7-3-4-12-24(18)36-23(14-21-10-5-8-19(2)25(21)30(36)38)15-33-29-26(28(32)34-17-35-29)27(31)22-11-6-9-20(13-22)16-37;1-3-2/h3-14,16-17,31H,15H2,1-2H3,(H3,32,33,34,35);3H,1-2H3. The zero-order valence-electron chi connectivity index (χ0n) is 23.5. The second-order valence-electron chi connectivity index (χ2n) is 9.56. The summed E-state index contributed by atoms with van der Waals surface area (Å²) in [6.45, 7) is 4.14. The van der Waals surface area contributed by atoms with Crippen molar-refractivity contribution in [1.82, 2.24) is 19.9 Å². The number of aromatic nitrogens is 3. The first-order valence-corrected chi connectivity index (χ1v) is 13.1. The van der Waals surface area contributed by atoms with Crippen molar-refractivity contribution in [2.45, 2.75) is 20.4 Å². The highest BCUT2D eigenvalue weighted by molar-refractivity contribution is 6.16. The van der Waals surface area contributed by atoms with E-state index in [1.807, 2.05) is 76.5 Å². The number of nitrogens with zero attached hydrogens (tertiary/aromatic N) is 3. The Bertz CT molecular complexity index is 1790. The van der Waals surface area contributed by atoms with E-state index in [1.165, 1.54) is 6.33 Å². The molecule has 5 aromatic rings. The third kappa shape index (κ3) is 6.05. The molecule has 0 atom stereocenters. The first kappa shape index (κ1) is 28.8. The Labute approximate surface area is 238 Å². The highest BCUT2D eigenvalue weighted by Crippen LogP contribution is 2.25. The molecular weight excluding hydrogens is 514 g/mol. The van der Waals surface area contributed by atoms with Crippen LogP contribution in [0.5, 0.6) is 0 Å². The molecule has 41 heavy (non-hydrogen) atoms. The van der Waals surface area contributed by atoms with Crippen molar-refractivity contribution in [3.05, 3.63) is 123 Å². The lowest BCUT2D eigenvalue weighted by atomic mass is 10.0. The van der Waals surface area contributed by atoms with Crippen molar-refractivity contribution >= 4 is 34.4 Å². The van der Waals surface area contributed by atoms with Crippen LogP contribution in [-0.4, -0.2) is 40.6 Å². The van der Waals surface area contributed by atoms with E-state index in [-0.39, 0.29) is 23.6 Å². The van der Waals surface area contributed by atoms with Crippen molar-refractivity contribution < 1.29 is 4.79 Å². The lowest BCUT2D eigenvalue weighted by molar-refractivity contribution is 0.112. The summed E-state index contributed by atoms with van der Waals surface area (Å²) in [4.78, 5) is 33.6. The summed E-state index contributed by atoms with van der Waals surface area (Å²) in [6, 6.07) is 22.3. The summed E-state index contributed by atoms with van der Waals surface area (Å²) in [5.41, 5.74) is 10.8. The van der Waals surface area contributed by atoms with Crippen LogP contribution in [0.25, 0.3) is 16.5 Å². The fraction of sp³-hybridized carbons (Fsp3) is 0.156. The molecule has 9 heteroatoms. The number of anilines is 2. The van der Waals surface area contributed by atoms with Gasteiger partial charge in [0, 0.05) is 16.8 Å². The fourth-order valence-corrected chi connectivity index (χ4v) is 4.66. The molecule has 0 aliphatic rings. The van der Waals surface area contributed by atoms with E-state index in [4.69, 9.17) is 11.1 Å². The maximum atomic E-state index is 13.8. The number of carbonyl (C=O) groups is 1. The van der Waals surface area contributed by atoms with Crippen molar-refractivity contribution in [2.75, 3.05) is 25.1 Å². The van der Waals surface area contributed by atoms with E-state index in [2.05, 4.69) is 20.6 Å². The number of pyridine rings is 1. The van der Waals surface area contributed by atoms with Crippen LogP contribution in [0.15, 0.2) is 83.9 Å². The number of nitrogen functional groups attached to an aromatic ring is 1. The van der Waals surface area contributed by atoms with Gasteiger partial charge in [0.15, 0.2) is 0 Å². The number of nitrogens with two attached hydrogens (primary N) is 1. The lowest BCUT2D eigenvalue weighted by Gasteiger charge is -2.19. The third-order valence-electron chi connectivity index (χ3n) is 6.56. The first-order chi connectivity index (χ1) is 19.8. The van der Waals surface area contributed by atoms with Gasteiger partial charge in [-0.15, -0.1) is 0 Å². The number of hydrogen-bond acceptors (Lipinski definition) is 8. The first-order valence-electron chi connectivity index (χ1n) is 13.1. The molecule has 0 amide bonds. The molecule has 3 aromatic carbocycles. The summed E-state index contributed by atoms with van der Waals surface area (Å²) in [5.74, 6) is 0.488. The van der Waals surface area contributed by atoms with Crippen LogP contribution in [0.1, 0.15) is 38.3 Å². The highest BCUT2D eigenvalue weighted by atomic mass is 16.1. The number of aldehydes is 1. The van der Waals surface area contributed by atoms with Gasteiger partial charge in [0.25, 0.3) is 5.56 Å². The number of aryl methyl sites for hydroxylation is 2. The molecule has 5 rings (SSSR count). The van der Waals surface area contributed by atoms with Crippen LogP contribution < -0.4 is 21.9 Å². The van der Waals surface area contributed by atoms with Gasteiger partial charge in [-0.3, -0.25) is 19.6 Å².